The fourth-order valence-corrected chi connectivity index (χ4v) is 4.09. The maximum Gasteiger partial charge on any atom is 0.407 e. The summed E-state index contributed by atoms with van der Waals surface area (Å²) < 4.78 is 10.4. The topological polar surface area (TPSA) is 114 Å². The van der Waals surface area contributed by atoms with E-state index in [0.717, 1.165) is 22.3 Å². The predicted molar refractivity (Wildman–Crippen MR) is 123 cm³/mol. The number of amides is 2. The maximum atomic E-state index is 12.6. The summed E-state index contributed by atoms with van der Waals surface area (Å²) in [4.78, 5) is 36.5. The van der Waals surface area contributed by atoms with Crippen LogP contribution in [-0.4, -0.2) is 55.5 Å². The van der Waals surface area contributed by atoms with Crippen LogP contribution in [0.1, 0.15) is 37.3 Å². The van der Waals surface area contributed by atoms with Crippen molar-refractivity contribution in [3.8, 4) is 11.1 Å². The molecule has 0 aliphatic heterocycles. The second-order valence-corrected chi connectivity index (χ2v) is 8.37. The van der Waals surface area contributed by atoms with E-state index in [9.17, 15) is 19.5 Å². The Bertz CT molecular complexity index is 978. The van der Waals surface area contributed by atoms with Gasteiger partial charge < -0.3 is 25.2 Å². The van der Waals surface area contributed by atoms with Gasteiger partial charge in [0.2, 0.25) is 5.91 Å². The molecule has 0 heterocycles. The number of hydrogen-bond acceptors (Lipinski definition) is 5. The third-order valence-corrected chi connectivity index (χ3v) is 6.00. The molecule has 2 amide bonds. The van der Waals surface area contributed by atoms with Crippen LogP contribution in [0.15, 0.2) is 48.5 Å². The number of alkyl carbamates (subject to hydrolysis) is 1. The first-order valence-corrected chi connectivity index (χ1v) is 10.9. The van der Waals surface area contributed by atoms with Crippen LogP contribution >= 0.6 is 0 Å². The number of nitrogens with one attached hydrogen (secondary N) is 2. The van der Waals surface area contributed by atoms with Gasteiger partial charge in [-0.05, 0) is 35.6 Å². The molecule has 1 aliphatic rings. The van der Waals surface area contributed by atoms with E-state index in [1.165, 1.54) is 14.0 Å². The molecule has 8 heteroatoms. The van der Waals surface area contributed by atoms with E-state index in [1.54, 1.807) is 6.92 Å². The standard InChI is InChI=1S/C25H30N2O6/c1-4-16(22(28)27-25(2,15-32-3)23(29)30)13-26-24(31)33-14-21-19-11-7-5-9-17(19)18-10-6-8-12-20(18)21/h5-12,16,21H,4,13-15H2,1-3H3,(H,26,31)(H,27,28)(H,29,30). The number of hydrogen-bond donors (Lipinski definition) is 3. The van der Waals surface area contributed by atoms with Gasteiger partial charge in [0.25, 0.3) is 0 Å². The van der Waals surface area contributed by atoms with Crippen LogP contribution in [0.3, 0.4) is 0 Å². The van der Waals surface area contributed by atoms with Crippen molar-refractivity contribution >= 4 is 18.0 Å². The number of carboxylic acids is 1. The molecular weight excluding hydrogens is 424 g/mol. The van der Waals surface area contributed by atoms with Crippen molar-refractivity contribution in [2.75, 3.05) is 26.9 Å². The highest BCUT2D eigenvalue weighted by molar-refractivity contribution is 5.88. The van der Waals surface area contributed by atoms with Crippen LogP contribution in [0.5, 0.6) is 0 Å². The van der Waals surface area contributed by atoms with Crippen LogP contribution in [0.4, 0.5) is 4.79 Å². The van der Waals surface area contributed by atoms with Gasteiger partial charge in [0.1, 0.15) is 6.61 Å². The molecule has 2 aromatic carbocycles. The first-order valence-electron chi connectivity index (χ1n) is 10.9. The van der Waals surface area contributed by atoms with Gasteiger partial charge >= 0.3 is 12.1 Å². The monoisotopic (exact) mass is 454 g/mol. The van der Waals surface area contributed by atoms with Gasteiger partial charge in [0.15, 0.2) is 5.54 Å². The highest BCUT2D eigenvalue weighted by atomic mass is 16.5. The fourth-order valence-electron chi connectivity index (χ4n) is 4.09. The Hall–Kier alpha value is -3.39. The van der Waals surface area contributed by atoms with Crippen molar-refractivity contribution in [1.82, 2.24) is 10.6 Å². The SMILES string of the molecule is CCC(CNC(=O)OCC1c2ccccc2-c2ccccc21)C(=O)NC(C)(COC)C(=O)O. The molecule has 3 N–H and O–H groups in total. The average molecular weight is 455 g/mol. The number of methoxy groups -OCH3 is 1. The number of carbonyl (C=O) groups is 3. The van der Waals surface area contributed by atoms with E-state index < -0.39 is 29.4 Å². The molecule has 176 valence electrons. The number of rotatable bonds is 10. The molecular formula is C25H30N2O6. The van der Waals surface area contributed by atoms with Crippen LogP contribution in [0.25, 0.3) is 11.1 Å². The Labute approximate surface area is 193 Å². The maximum absolute atomic E-state index is 12.6. The first kappa shape index (κ1) is 24.3. The average Bonchev–Trinajstić information content (AvgIpc) is 3.12. The van der Waals surface area contributed by atoms with Crippen LogP contribution in [0.2, 0.25) is 0 Å². The minimum absolute atomic E-state index is 0.0295. The van der Waals surface area contributed by atoms with E-state index in [2.05, 4.69) is 22.8 Å². The third-order valence-electron chi connectivity index (χ3n) is 6.00. The minimum Gasteiger partial charge on any atom is -0.479 e. The van der Waals surface area contributed by atoms with Crippen molar-refractivity contribution in [2.24, 2.45) is 5.92 Å². The van der Waals surface area contributed by atoms with Gasteiger partial charge in [-0.15, -0.1) is 0 Å². The molecule has 2 unspecified atom stereocenters. The van der Waals surface area contributed by atoms with Crippen LogP contribution in [-0.2, 0) is 19.1 Å². The Balaban J connectivity index is 1.57. The van der Waals surface area contributed by atoms with Gasteiger partial charge in [-0.1, -0.05) is 55.5 Å². The molecule has 3 rings (SSSR count). The second kappa shape index (κ2) is 10.5. The lowest BCUT2D eigenvalue weighted by Gasteiger charge is -2.27. The molecule has 0 spiro atoms. The summed E-state index contributed by atoms with van der Waals surface area (Å²) in [5, 5.41) is 14.6. The van der Waals surface area contributed by atoms with Gasteiger partial charge in [0.05, 0.1) is 12.5 Å². The molecule has 8 nitrogen and oxygen atoms in total. The Morgan fingerprint density at radius 1 is 1.06 bits per heavy atom. The number of ether oxygens (including phenoxy) is 2. The summed E-state index contributed by atoms with van der Waals surface area (Å²) in [6.45, 7) is 3.19. The summed E-state index contributed by atoms with van der Waals surface area (Å²) in [6, 6.07) is 16.1. The van der Waals surface area contributed by atoms with E-state index >= 15 is 0 Å². The van der Waals surface area contributed by atoms with Gasteiger partial charge in [-0.3, -0.25) is 4.79 Å². The zero-order valence-electron chi connectivity index (χ0n) is 19.1. The molecule has 0 radical (unpaired) electrons. The molecule has 0 aromatic heterocycles. The second-order valence-electron chi connectivity index (χ2n) is 8.37. The molecule has 2 aromatic rings. The van der Waals surface area contributed by atoms with E-state index in [-0.39, 0.29) is 25.7 Å². The molecule has 0 fully saturated rings. The molecule has 1 aliphatic carbocycles. The zero-order valence-corrected chi connectivity index (χ0v) is 19.1. The first-order chi connectivity index (χ1) is 15.8. The fraction of sp³-hybridized carbons (Fsp3) is 0.400. The lowest BCUT2D eigenvalue weighted by atomic mass is 9.98. The molecule has 2 atom stereocenters. The Morgan fingerprint density at radius 2 is 1.64 bits per heavy atom. The minimum atomic E-state index is -1.55. The lowest BCUT2D eigenvalue weighted by molar-refractivity contribution is -0.150. The smallest absolute Gasteiger partial charge is 0.407 e. The normalized spacial score (nSPS) is 15.0. The van der Waals surface area contributed by atoms with E-state index in [1.807, 2.05) is 36.4 Å². The Kier molecular flexibility index (Phi) is 7.71. The largest absolute Gasteiger partial charge is 0.479 e. The van der Waals surface area contributed by atoms with E-state index in [4.69, 9.17) is 9.47 Å². The van der Waals surface area contributed by atoms with Crippen molar-refractivity contribution < 1.29 is 29.0 Å². The molecule has 0 saturated carbocycles. The number of carboxylic acid groups (broad SMARTS) is 1. The number of fused-ring (bicyclic) bond motifs is 3. The molecule has 0 saturated heterocycles. The van der Waals surface area contributed by atoms with Crippen molar-refractivity contribution in [1.29, 1.82) is 0 Å². The van der Waals surface area contributed by atoms with E-state index in [0.29, 0.717) is 6.42 Å². The van der Waals surface area contributed by atoms with Gasteiger partial charge in [0, 0.05) is 19.6 Å². The molecule has 33 heavy (non-hydrogen) atoms. The highest BCUT2D eigenvalue weighted by Crippen LogP contribution is 2.44. The van der Waals surface area contributed by atoms with Crippen molar-refractivity contribution in [2.45, 2.75) is 31.7 Å². The summed E-state index contributed by atoms with van der Waals surface area (Å²) >= 11 is 0. The summed E-state index contributed by atoms with van der Waals surface area (Å²) in [6.07, 6.45) is -0.209. The van der Waals surface area contributed by atoms with Crippen LogP contribution < -0.4 is 10.6 Å². The lowest BCUT2D eigenvalue weighted by Crippen LogP contribution is -2.57. The van der Waals surface area contributed by atoms with Gasteiger partial charge in [-0.25, -0.2) is 9.59 Å². The third kappa shape index (κ3) is 5.34. The quantitative estimate of drug-likeness (QED) is 0.508. The highest BCUT2D eigenvalue weighted by Gasteiger charge is 2.36. The Morgan fingerprint density at radius 3 is 2.15 bits per heavy atom. The van der Waals surface area contributed by atoms with Gasteiger partial charge in [-0.2, -0.15) is 0 Å². The summed E-state index contributed by atoms with van der Waals surface area (Å²) in [7, 11) is 1.36. The van der Waals surface area contributed by atoms with Crippen molar-refractivity contribution in [3.63, 3.8) is 0 Å². The predicted octanol–water partition coefficient (Wildman–Crippen LogP) is 3.16. The number of benzene rings is 2. The number of carbonyl (C=O) groups excluding carboxylic acids is 2. The zero-order chi connectivity index (χ0) is 24.0. The number of aliphatic carboxylic acids is 1. The van der Waals surface area contributed by atoms with Crippen molar-refractivity contribution in [3.05, 3.63) is 59.7 Å². The summed E-state index contributed by atoms with van der Waals surface area (Å²) in [5.41, 5.74) is 2.96. The molecule has 0 bridgehead atoms. The van der Waals surface area contributed by atoms with Crippen LogP contribution in [0, 0.1) is 5.92 Å². The summed E-state index contributed by atoms with van der Waals surface area (Å²) in [5.74, 6) is -2.34.